The number of rotatable bonds is 7. The third-order valence-corrected chi connectivity index (χ3v) is 3.91. The maximum Gasteiger partial charge on any atom is 0.233 e. The van der Waals surface area contributed by atoms with E-state index in [4.69, 9.17) is 0 Å². The Kier molecular flexibility index (Phi) is 6.55. The summed E-state index contributed by atoms with van der Waals surface area (Å²) in [6.45, 7) is 5.10. The number of anilines is 1. The molecule has 0 unspecified atom stereocenters. The van der Waals surface area contributed by atoms with Gasteiger partial charge in [-0.3, -0.25) is 9.59 Å². The smallest absolute Gasteiger partial charge is 0.233 e. The number of aryl methyl sites for hydroxylation is 1. The van der Waals surface area contributed by atoms with Gasteiger partial charge in [0.15, 0.2) is 0 Å². The molecule has 2 aromatic rings. The number of hydrogen-bond donors (Lipinski definition) is 1. The lowest BCUT2D eigenvalue weighted by atomic mass is 10.1. The molecule has 2 amide bonds. The molecule has 126 valence electrons. The Morgan fingerprint density at radius 1 is 0.917 bits per heavy atom. The zero-order valence-electron chi connectivity index (χ0n) is 14.3. The quantitative estimate of drug-likeness (QED) is 0.791. The number of benzene rings is 2. The first-order valence-electron chi connectivity index (χ1n) is 8.32. The third kappa shape index (κ3) is 5.23. The van der Waals surface area contributed by atoms with E-state index in [2.05, 4.69) is 12.2 Å². The first kappa shape index (κ1) is 17.7. The molecule has 0 aliphatic rings. The van der Waals surface area contributed by atoms with Gasteiger partial charge in [-0.15, -0.1) is 0 Å². The normalized spacial score (nSPS) is 10.2. The molecular formula is C20H24N2O2. The van der Waals surface area contributed by atoms with Crippen LogP contribution in [-0.4, -0.2) is 23.3 Å². The Morgan fingerprint density at radius 2 is 1.58 bits per heavy atom. The molecular weight excluding hydrogens is 300 g/mol. The van der Waals surface area contributed by atoms with Crippen molar-refractivity contribution in [2.75, 3.05) is 11.9 Å². The van der Waals surface area contributed by atoms with Crippen molar-refractivity contribution >= 4 is 17.5 Å². The van der Waals surface area contributed by atoms with E-state index in [1.54, 1.807) is 4.90 Å². The van der Waals surface area contributed by atoms with Crippen molar-refractivity contribution in [2.45, 2.75) is 33.2 Å². The lowest BCUT2D eigenvalue weighted by molar-refractivity contribution is -0.134. The highest BCUT2D eigenvalue weighted by atomic mass is 16.2. The largest absolute Gasteiger partial charge is 0.338 e. The van der Waals surface area contributed by atoms with Crippen molar-refractivity contribution in [3.8, 4) is 0 Å². The molecule has 2 aromatic carbocycles. The van der Waals surface area contributed by atoms with Crippen LogP contribution >= 0.6 is 0 Å². The fraction of sp³-hybridized carbons (Fsp3) is 0.300. The molecule has 0 bridgehead atoms. The van der Waals surface area contributed by atoms with Gasteiger partial charge >= 0.3 is 0 Å². The Balaban J connectivity index is 1.90. The van der Waals surface area contributed by atoms with E-state index < -0.39 is 0 Å². The molecule has 0 radical (unpaired) electrons. The summed E-state index contributed by atoms with van der Waals surface area (Å²) in [5.74, 6) is -0.445. The minimum atomic E-state index is -0.282. The van der Waals surface area contributed by atoms with Gasteiger partial charge in [-0.05, 0) is 36.6 Å². The van der Waals surface area contributed by atoms with Crippen molar-refractivity contribution in [2.24, 2.45) is 0 Å². The Bertz CT molecular complexity index is 666. The van der Waals surface area contributed by atoms with E-state index in [-0.39, 0.29) is 18.2 Å². The summed E-state index contributed by atoms with van der Waals surface area (Å²) in [7, 11) is 0. The van der Waals surface area contributed by atoms with E-state index in [1.807, 2.05) is 61.5 Å². The second kappa shape index (κ2) is 8.87. The fourth-order valence-electron chi connectivity index (χ4n) is 2.46. The monoisotopic (exact) mass is 324 g/mol. The first-order chi connectivity index (χ1) is 11.6. The van der Waals surface area contributed by atoms with Gasteiger partial charge in [0.2, 0.25) is 11.8 Å². The van der Waals surface area contributed by atoms with Crippen LogP contribution < -0.4 is 5.32 Å². The molecule has 0 fully saturated rings. The van der Waals surface area contributed by atoms with Gasteiger partial charge in [0.1, 0.15) is 6.42 Å². The zero-order chi connectivity index (χ0) is 17.4. The Hall–Kier alpha value is -2.62. The summed E-state index contributed by atoms with van der Waals surface area (Å²) in [5, 5.41) is 2.78. The summed E-state index contributed by atoms with van der Waals surface area (Å²) >= 11 is 0. The average Bonchev–Trinajstić information content (AvgIpc) is 2.61. The van der Waals surface area contributed by atoms with Crippen LogP contribution in [0, 0.1) is 0 Å². The van der Waals surface area contributed by atoms with E-state index in [1.165, 1.54) is 5.56 Å². The van der Waals surface area contributed by atoms with Gasteiger partial charge in [0, 0.05) is 18.8 Å². The van der Waals surface area contributed by atoms with Gasteiger partial charge in [-0.25, -0.2) is 0 Å². The lowest BCUT2D eigenvalue weighted by Crippen LogP contribution is -2.33. The van der Waals surface area contributed by atoms with Crippen LogP contribution in [0.15, 0.2) is 54.6 Å². The molecule has 0 saturated heterocycles. The topological polar surface area (TPSA) is 49.4 Å². The van der Waals surface area contributed by atoms with E-state index in [0.717, 1.165) is 17.7 Å². The minimum Gasteiger partial charge on any atom is -0.338 e. The predicted molar refractivity (Wildman–Crippen MR) is 96.6 cm³/mol. The Morgan fingerprint density at radius 3 is 2.17 bits per heavy atom. The second-order valence-electron chi connectivity index (χ2n) is 5.67. The fourth-order valence-corrected chi connectivity index (χ4v) is 2.46. The van der Waals surface area contributed by atoms with Gasteiger partial charge in [0.25, 0.3) is 0 Å². The van der Waals surface area contributed by atoms with Crippen molar-refractivity contribution in [3.63, 3.8) is 0 Å². The number of nitrogens with zero attached hydrogens (tertiary/aromatic N) is 1. The van der Waals surface area contributed by atoms with Gasteiger partial charge < -0.3 is 10.2 Å². The number of hydrogen-bond acceptors (Lipinski definition) is 2. The summed E-state index contributed by atoms with van der Waals surface area (Å²) in [6, 6.07) is 17.5. The predicted octanol–water partition coefficient (Wildman–Crippen LogP) is 3.63. The van der Waals surface area contributed by atoms with Crippen molar-refractivity contribution in [3.05, 3.63) is 65.7 Å². The van der Waals surface area contributed by atoms with Gasteiger partial charge in [0.05, 0.1) is 0 Å². The number of carbonyl (C=O) groups is 2. The average molecular weight is 324 g/mol. The summed E-state index contributed by atoms with van der Waals surface area (Å²) in [5.41, 5.74) is 2.99. The number of carbonyl (C=O) groups excluding carboxylic acids is 2. The minimum absolute atomic E-state index is 0.143. The summed E-state index contributed by atoms with van der Waals surface area (Å²) < 4.78 is 0. The van der Waals surface area contributed by atoms with Gasteiger partial charge in [-0.1, -0.05) is 49.4 Å². The highest BCUT2D eigenvalue weighted by molar-refractivity contribution is 6.03. The number of nitrogens with one attached hydrogen (secondary N) is 1. The number of amides is 2. The highest BCUT2D eigenvalue weighted by Gasteiger charge is 2.16. The lowest BCUT2D eigenvalue weighted by Gasteiger charge is -2.20. The van der Waals surface area contributed by atoms with Crippen molar-refractivity contribution in [1.29, 1.82) is 0 Å². The molecule has 0 atom stereocenters. The molecule has 0 heterocycles. The standard InChI is InChI=1S/C20H24N2O2/c1-3-16-10-12-18(13-11-16)21-19(23)14-20(24)22(4-2)15-17-8-6-5-7-9-17/h5-13H,3-4,14-15H2,1-2H3,(H,21,23). The van der Waals surface area contributed by atoms with Crippen LogP contribution in [0.2, 0.25) is 0 Å². The van der Waals surface area contributed by atoms with Crippen LogP contribution in [0.1, 0.15) is 31.4 Å². The molecule has 4 nitrogen and oxygen atoms in total. The molecule has 2 rings (SSSR count). The molecule has 24 heavy (non-hydrogen) atoms. The molecule has 0 saturated carbocycles. The van der Waals surface area contributed by atoms with Gasteiger partial charge in [-0.2, -0.15) is 0 Å². The van der Waals surface area contributed by atoms with Crippen LogP contribution in [0.25, 0.3) is 0 Å². The molecule has 4 heteroatoms. The van der Waals surface area contributed by atoms with Crippen LogP contribution in [0.4, 0.5) is 5.69 Å². The molecule has 1 N–H and O–H groups in total. The molecule has 0 aliphatic heterocycles. The molecule has 0 aromatic heterocycles. The zero-order valence-corrected chi connectivity index (χ0v) is 14.3. The van der Waals surface area contributed by atoms with Crippen LogP contribution in [0.5, 0.6) is 0 Å². The highest BCUT2D eigenvalue weighted by Crippen LogP contribution is 2.11. The second-order valence-corrected chi connectivity index (χ2v) is 5.67. The van der Waals surface area contributed by atoms with E-state index in [0.29, 0.717) is 13.1 Å². The van der Waals surface area contributed by atoms with Crippen LogP contribution in [-0.2, 0) is 22.6 Å². The van der Waals surface area contributed by atoms with E-state index >= 15 is 0 Å². The third-order valence-electron chi connectivity index (χ3n) is 3.91. The maximum atomic E-state index is 12.3. The van der Waals surface area contributed by atoms with Crippen LogP contribution in [0.3, 0.4) is 0 Å². The maximum absolute atomic E-state index is 12.3. The summed E-state index contributed by atoms with van der Waals surface area (Å²) in [4.78, 5) is 26.1. The summed E-state index contributed by atoms with van der Waals surface area (Å²) in [6.07, 6.45) is 0.813. The van der Waals surface area contributed by atoms with E-state index in [9.17, 15) is 9.59 Å². The SMILES string of the molecule is CCc1ccc(NC(=O)CC(=O)N(CC)Cc2ccccc2)cc1. The molecule has 0 aliphatic carbocycles. The molecule has 0 spiro atoms. The first-order valence-corrected chi connectivity index (χ1v) is 8.32. The van der Waals surface area contributed by atoms with Crippen molar-refractivity contribution < 1.29 is 9.59 Å². The Labute approximate surface area is 143 Å². The van der Waals surface area contributed by atoms with Crippen molar-refractivity contribution in [1.82, 2.24) is 4.90 Å².